The van der Waals surface area contributed by atoms with Gasteiger partial charge < -0.3 is 15.0 Å². The van der Waals surface area contributed by atoms with E-state index in [9.17, 15) is 0 Å². The number of piperidine rings is 1. The van der Waals surface area contributed by atoms with Crippen LogP contribution >= 0.6 is 0 Å². The van der Waals surface area contributed by atoms with Gasteiger partial charge in [-0.05, 0) is 62.9 Å². The molecule has 1 saturated heterocycles. The standard InChI is InChI=1S/C16H22N2O/c1-3-19-13-6-7-15-14(9-13)16(11(2)18-15)12-5-4-8-17-10-12/h6-7,9,12,17-18H,3-5,8,10H2,1-2H3. The highest BCUT2D eigenvalue weighted by Crippen LogP contribution is 2.34. The molecular weight excluding hydrogens is 236 g/mol. The predicted molar refractivity (Wildman–Crippen MR) is 79.0 cm³/mol. The van der Waals surface area contributed by atoms with Crippen molar-refractivity contribution < 1.29 is 4.74 Å². The lowest BCUT2D eigenvalue weighted by atomic mass is 9.89. The van der Waals surface area contributed by atoms with Crippen LogP contribution < -0.4 is 10.1 Å². The maximum Gasteiger partial charge on any atom is 0.120 e. The number of aromatic amines is 1. The van der Waals surface area contributed by atoms with Crippen LogP contribution in [0, 0.1) is 6.92 Å². The highest BCUT2D eigenvalue weighted by Gasteiger charge is 2.21. The van der Waals surface area contributed by atoms with E-state index in [1.165, 1.54) is 35.0 Å². The lowest BCUT2D eigenvalue weighted by molar-refractivity contribution is 0.340. The normalized spacial score (nSPS) is 19.8. The first kappa shape index (κ1) is 12.5. The molecule has 1 atom stereocenters. The molecule has 0 bridgehead atoms. The summed E-state index contributed by atoms with van der Waals surface area (Å²) >= 11 is 0. The van der Waals surface area contributed by atoms with Crippen molar-refractivity contribution in [2.24, 2.45) is 0 Å². The summed E-state index contributed by atoms with van der Waals surface area (Å²) in [5, 5.41) is 4.84. The minimum Gasteiger partial charge on any atom is -0.494 e. The van der Waals surface area contributed by atoms with Crippen molar-refractivity contribution in [3.05, 3.63) is 29.5 Å². The summed E-state index contributed by atoms with van der Waals surface area (Å²) in [7, 11) is 0. The van der Waals surface area contributed by atoms with Gasteiger partial charge in [0, 0.05) is 23.1 Å². The molecule has 0 aliphatic carbocycles. The minimum absolute atomic E-state index is 0.624. The Labute approximate surface area is 114 Å². The Hall–Kier alpha value is -1.48. The average Bonchev–Trinajstić information content (AvgIpc) is 2.75. The van der Waals surface area contributed by atoms with Crippen molar-refractivity contribution in [1.29, 1.82) is 0 Å². The topological polar surface area (TPSA) is 37.0 Å². The number of aromatic nitrogens is 1. The molecule has 19 heavy (non-hydrogen) atoms. The highest BCUT2D eigenvalue weighted by molar-refractivity contribution is 5.86. The number of fused-ring (bicyclic) bond motifs is 1. The van der Waals surface area contributed by atoms with E-state index in [-0.39, 0.29) is 0 Å². The van der Waals surface area contributed by atoms with E-state index < -0.39 is 0 Å². The maximum atomic E-state index is 5.64. The Morgan fingerprint density at radius 2 is 2.26 bits per heavy atom. The van der Waals surface area contributed by atoms with Gasteiger partial charge in [0.25, 0.3) is 0 Å². The molecule has 3 rings (SSSR count). The van der Waals surface area contributed by atoms with Crippen LogP contribution in [0.25, 0.3) is 10.9 Å². The fourth-order valence-corrected chi connectivity index (χ4v) is 3.21. The van der Waals surface area contributed by atoms with Gasteiger partial charge in [-0.15, -0.1) is 0 Å². The Kier molecular flexibility index (Phi) is 3.47. The van der Waals surface area contributed by atoms with Crippen LogP contribution in [0.3, 0.4) is 0 Å². The van der Waals surface area contributed by atoms with Crippen LogP contribution in [0.5, 0.6) is 5.75 Å². The van der Waals surface area contributed by atoms with Crippen molar-refractivity contribution in [1.82, 2.24) is 10.3 Å². The number of aryl methyl sites for hydroxylation is 1. The molecule has 0 amide bonds. The van der Waals surface area contributed by atoms with Crippen molar-refractivity contribution >= 4 is 10.9 Å². The third-order valence-electron chi connectivity index (χ3n) is 4.02. The van der Waals surface area contributed by atoms with Crippen LogP contribution in [-0.2, 0) is 0 Å². The molecular formula is C16H22N2O. The number of H-pyrrole nitrogens is 1. The number of rotatable bonds is 3. The van der Waals surface area contributed by atoms with E-state index in [1.54, 1.807) is 0 Å². The fourth-order valence-electron chi connectivity index (χ4n) is 3.21. The van der Waals surface area contributed by atoms with Gasteiger partial charge in [0.05, 0.1) is 6.61 Å². The molecule has 0 saturated carbocycles. The minimum atomic E-state index is 0.624. The molecule has 2 aromatic rings. The van der Waals surface area contributed by atoms with E-state index in [0.717, 1.165) is 25.4 Å². The summed E-state index contributed by atoms with van der Waals surface area (Å²) in [6, 6.07) is 6.37. The fraction of sp³-hybridized carbons (Fsp3) is 0.500. The third-order valence-corrected chi connectivity index (χ3v) is 4.02. The summed E-state index contributed by atoms with van der Waals surface area (Å²) in [6.45, 7) is 7.17. The molecule has 2 heterocycles. The molecule has 1 aromatic carbocycles. The van der Waals surface area contributed by atoms with Crippen LogP contribution in [0.15, 0.2) is 18.2 Å². The largest absolute Gasteiger partial charge is 0.494 e. The number of benzene rings is 1. The summed E-state index contributed by atoms with van der Waals surface area (Å²) in [4.78, 5) is 3.51. The van der Waals surface area contributed by atoms with Crippen molar-refractivity contribution in [2.75, 3.05) is 19.7 Å². The van der Waals surface area contributed by atoms with Gasteiger partial charge in [-0.3, -0.25) is 0 Å². The van der Waals surface area contributed by atoms with Crippen molar-refractivity contribution in [3.63, 3.8) is 0 Å². The van der Waals surface area contributed by atoms with E-state index >= 15 is 0 Å². The van der Waals surface area contributed by atoms with E-state index in [2.05, 4.69) is 29.4 Å². The molecule has 102 valence electrons. The maximum absolute atomic E-state index is 5.64. The van der Waals surface area contributed by atoms with E-state index in [4.69, 9.17) is 4.74 Å². The smallest absolute Gasteiger partial charge is 0.120 e. The Morgan fingerprint density at radius 1 is 1.37 bits per heavy atom. The first-order valence-electron chi connectivity index (χ1n) is 7.25. The summed E-state index contributed by atoms with van der Waals surface area (Å²) in [6.07, 6.45) is 2.54. The van der Waals surface area contributed by atoms with E-state index in [0.29, 0.717) is 5.92 Å². The average molecular weight is 258 g/mol. The van der Waals surface area contributed by atoms with Crippen molar-refractivity contribution in [3.8, 4) is 5.75 Å². The second-order valence-corrected chi connectivity index (χ2v) is 5.35. The molecule has 0 radical (unpaired) electrons. The Morgan fingerprint density at radius 3 is 3.00 bits per heavy atom. The van der Waals surface area contributed by atoms with Crippen LogP contribution in [0.4, 0.5) is 0 Å². The van der Waals surface area contributed by atoms with Crippen LogP contribution in [0.1, 0.15) is 36.9 Å². The third kappa shape index (κ3) is 2.35. The van der Waals surface area contributed by atoms with E-state index in [1.807, 2.05) is 13.0 Å². The van der Waals surface area contributed by atoms with Crippen LogP contribution in [0.2, 0.25) is 0 Å². The lowest BCUT2D eigenvalue weighted by Crippen LogP contribution is -2.28. The molecule has 1 aliphatic rings. The van der Waals surface area contributed by atoms with Gasteiger partial charge in [0.1, 0.15) is 5.75 Å². The first-order valence-corrected chi connectivity index (χ1v) is 7.25. The summed E-state index contributed by atoms with van der Waals surface area (Å²) < 4.78 is 5.64. The zero-order valence-corrected chi connectivity index (χ0v) is 11.8. The van der Waals surface area contributed by atoms with Gasteiger partial charge in [0.2, 0.25) is 0 Å². The van der Waals surface area contributed by atoms with Gasteiger partial charge in [0.15, 0.2) is 0 Å². The predicted octanol–water partition coefficient (Wildman–Crippen LogP) is 3.34. The second-order valence-electron chi connectivity index (χ2n) is 5.35. The number of nitrogens with one attached hydrogen (secondary N) is 2. The highest BCUT2D eigenvalue weighted by atomic mass is 16.5. The van der Waals surface area contributed by atoms with Gasteiger partial charge in [-0.1, -0.05) is 0 Å². The summed E-state index contributed by atoms with van der Waals surface area (Å²) in [5.74, 6) is 1.60. The molecule has 0 spiro atoms. The van der Waals surface area contributed by atoms with Crippen LogP contribution in [-0.4, -0.2) is 24.7 Å². The molecule has 2 N–H and O–H groups in total. The number of hydrogen-bond donors (Lipinski definition) is 2. The van der Waals surface area contributed by atoms with Crippen molar-refractivity contribution in [2.45, 2.75) is 32.6 Å². The lowest BCUT2D eigenvalue weighted by Gasteiger charge is -2.23. The Bertz CT molecular complexity index is 567. The molecule has 3 nitrogen and oxygen atoms in total. The molecule has 1 fully saturated rings. The molecule has 1 aromatic heterocycles. The molecule has 1 aliphatic heterocycles. The van der Waals surface area contributed by atoms with Gasteiger partial charge >= 0.3 is 0 Å². The molecule has 1 unspecified atom stereocenters. The van der Waals surface area contributed by atoms with Gasteiger partial charge in [-0.2, -0.15) is 0 Å². The quantitative estimate of drug-likeness (QED) is 0.886. The Balaban J connectivity index is 2.05. The monoisotopic (exact) mass is 258 g/mol. The van der Waals surface area contributed by atoms with Gasteiger partial charge in [-0.25, -0.2) is 0 Å². The first-order chi connectivity index (χ1) is 9.29. The summed E-state index contributed by atoms with van der Waals surface area (Å²) in [5.41, 5.74) is 4.00. The zero-order valence-electron chi connectivity index (χ0n) is 11.8. The second kappa shape index (κ2) is 5.25. The zero-order chi connectivity index (χ0) is 13.2. The number of ether oxygens (including phenoxy) is 1. The number of hydrogen-bond acceptors (Lipinski definition) is 2. The molecule has 3 heteroatoms. The SMILES string of the molecule is CCOc1ccc2[nH]c(C)c(C3CCCNC3)c2c1.